The summed E-state index contributed by atoms with van der Waals surface area (Å²) in [5.74, 6) is -0.0756. The highest BCUT2D eigenvalue weighted by molar-refractivity contribution is 9.11. The first-order chi connectivity index (χ1) is 18.0. The number of benzene rings is 2. The number of thiophene rings is 2. The molecule has 2 N–H and O–H groups in total. The maximum absolute atomic E-state index is 11.5. The van der Waals surface area contributed by atoms with E-state index in [1.54, 1.807) is 5.38 Å². The van der Waals surface area contributed by atoms with Gasteiger partial charge in [-0.25, -0.2) is 0 Å². The summed E-state index contributed by atoms with van der Waals surface area (Å²) in [5, 5.41) is 22.0. The minimum absolute atomic E-state index is 0.0675. The van der Waals surface area contributed by atoms with Gasteiger partial charge in [-0.05, 0) is 62.9 Å². The zero-order valence-corrected chi connectivity index (χ0v) is 26.8. The normalized spacial score (nSPS) is 11.6. The molecule has 0 unspecified atom stereocenters. The standard InChI is InChI=1S/C16H17BrO2S.C16H18O2S/c1-9(18)12-13(19)14(20-15(12)17)10-5-7-11(8-6-10)16(2,3)4;1-10(17)13-9-19-15(14(13)18)11-5-7-12(8-6-11)16(2,3)4/h5-8,19H,1-4H3;5-9,18H,1-4H3. The van der Waals surface area contributed by atoms with Crippen molar-refractivity contribution in [2.24, 2.45) is 0 Å². The lowest BCUT2D eigenvalue weighted by Crippen LogP contribution is -2.10. The SMILES string of the molecule is CC(=O)c1c(Br)sc(-c2ccc(C(C)(C)C)cc2)c1O.CC(=O)c1csc(-c2ccc(C(C)(C)C)cc2)c1O. The van der Waals surface area contributed by atoms with Crippen LogP contribution in [0.25, 0.3) is 20.9 Å². The average Bonchev–Trinajstić information content (AvgIpc) is 3.37. The number of hydrogen-bond acceptors (Lipinski definition) is 6. The summed E-state index contributed by atoms with van der Waals surface area (Å²) in [6.07, 6.45) is 0. The molecule has 7 heteroatoms. The van der Waals surface area contributed by atoms with E-state index in [0.717, 1.165) is 20.9 Å². The van der Waals surface area contributed by atoms with Crippen molar-refractivity contribution in [3.63, 3.8) is 0 Å². The van der Waals surface area contributed by atoms with Gasteiger partial charge in [0.15, 0.2) is 11.6 Å². The lowest BCUT2D eigenvalue weighted by Gasteiger charge is -2.19. The number of aromatic hydroxyl groups is 2. The van der Waals surface area contributed by atoms with E-state index >= 15 is 0 Å². The highest BCUT2D eigenvalue weighted by Crippen LogP contribution is 2.45. The second-order valence-electron chi connectivity index (χ2n) is 11.5. The highest BCUT2D eigenvalue weighted by atomic mass is 79.9. The first-order valence-corrected chi connectivity index (χ1v) is 15.1. The Kier molecular flexibility index (Phi) is 9.31. The molecule has 4 rings (SSSR count). The van der Waals surface area contributed by atoms with Gasteiger partial charge in [-0.2, -0.15) is 0 Å². The topological polar surface area (TPSA) is 74.6 Å². The van der Waals surface area contributed by atoms with E-state index in [1.807, 2.05) is 24.3 Å². The van der Waals surface area contributed by atoms with E-state index in [1.165, 1.54) is 47.6 Å². The third kappa shape index (κ3) is 7.07. The Balaban J connectivity index is 0.000000216. The monoisotopic (exact) mass is 626 g/mol. The molecule has 0 amide bonds. The quantitative estimate of drug-likeness (QED) is 0.221. The van der Waals surface area contributed by atoms with Crippen molar-refractivity contribution < 1.29 is 19.8 Å². The van der Waals surface area contributed by atoms with Crippen molar-refractivity contribution >= 4 is 50.2 Å². The van der Waals surface area contributed by atoms with Crippen molar-refractivity contribution in [3.05, 3.63) is 80.0 Å². The zero-order chi connectivity index (χ0) is 29.3. The molecule has 2 aromatic heterocycles. The Bertz CT molecular complexity index is 1480. The third-order valence-corrected chi connectivity index (χ3v) is 9.28. The minimum Gasteiger partial charge on any atom is -0.506 e. The summed E-state index contributed by atoms with van der Waals surface area (Å²) in [6, 6.07) is 16.2. The van der Waals surface area contributed by atoms with Crippen molar-refractivity contribution in [1.29, 1.82) is 0 Å². The number of hydrogen-bond donors (Lipinski definition) is 2. The van der Waals surface area contributed by atoms with Gasteiger partial charge in [-0.1, -0.05) is 90.1 Å². The molecule has 0 aliphatic carbocycles. The van der Waals surface area contributed by atoms with Crippen LogP contribution < -0.4 is 0 Å². The molecule has 0 saturated heterocycles. The van der Waals surface area contributed by atoms with Gasteiger partial charge in [0.05, 0.1) is 24.7 Å². The molecular weight excluding hydrogens is 592 g/mol. The molecule has 0 aliphatic rings. The predicted octanol–water partition coefficient (Wildman–Crippen LogP) is 10.0. The van der Waals surface area contributed by atoms with Gasteiger partial charge in [0.2, 0.25) is 0 Å². The fraction of sp³-hybridized carbons (Fsp3) is 0.312. The van der Waals surface area contributed by atoms with E-state index in [9.17, 15) is 19.8 Å². The van der Waals surface area contributed by atoms with Crippen molar-refractivity contribution in [1.82, 2.24) is 0 Å². The Hall–Kier alpha value is -2.74. The van der Waals surface area contributed by atoms with Crippen LogP contribution in [0.3, 0.4) is 0 Å². The molecule has 0 atom stereocenters. The number of rotatable bonds is 4. The molecule has 0 saturated carbocycles. The van der Waals surface area contributed by atoms with Crippen molar-refractivity contribution in [2.75, 3.05) is 0 Å². The molecule has 206 valence electrons. The van der Waals surface area contributed by atoms with Crippen LogP contribution in [0.2, 0.25) is 0 Å². The van der Waals surface area contributed by atoms with Crippen LogP contribution in [-0.2, 0) is 10.8 Å². The number of ketones is 2. The van der Waals surface area contributed by atoms with Gasteiger partial charge >= 0.3 is 0 Å². The Labute approximate surface area is 247 Å². The van der Waals surface area contributed by atoms with E-state index in [-0.39, 0.29) is 33.9 Å². The summed E-state index contributed by atoms with van der Waals surface area (Å²) in [5.41, 5.74) is 5.34. The van der Waals surface area contributed by atoms with Crippen LogP contribution in [0.4, 0.5) is 0 Å². The molecule has 4 aromatic rings. The first kappa shape index (κ1) is 30.8. The second-order valence-corrected chi connectivity index (χ2v) is 14.7. The van der Waals surface area contributed by atoms with Crippen LogP contribution >= 0.6 is 38.6 Å². The van der Waals surface area contributed by atoms with E-state index < -0.39 is 0 Å². The predicted molar refractivity (Wildman–Crippen MR) is 168 cm³/mol. The minimum atomic E-state index is -0.136. The largest absolute Gasteiger partial charge is 0.506 e. The summed E-state index contributed by atoms with van der Waals surface area (Å²) in [7, 11) is 0. The molecule has 0 bridgehead atoms. The number of halogens is 1. The number of carbonyl (C=O) groups is 2. The Morgan fingerprint density at radius 2 is 1.13 bits per heavy atom. The number of carbonyl (C=O) groups excluding carboxylic acids is 2. The lowest BCUT2D eigenvalue weighted by atomic mass is 9.86. The average molecular weight is 628 g/mol. The van der Waals surface area contributed by atoms with Gasteiger partial charge in [-0.15, -0.1) is 22.7 Å². The Morgan fingerprint density at radius 1 is 0.692 bits per heavy atom. The van der Waals surface area contributed by atoms with E-state index in [0.29, 0.717) is 14.9 Å². The fourth-order valence-electron chi connectivity index (χ4n) is 3.95. The summed E-state index contributed by atoms with van der Waals surface area (Å²) in [4.78, 5) is 24.4. The smallest absolute Gasteiger partial charge is 0.165 e. The number of Topliss-reactive ketones (excluding diaryl/α,β-unsaturated/α-hetero) is 2. The maximum atomic E-state index is 11.5. The summed E-state index contributed by atoms with van der Waals surface area (Å²) < 4.78 is 0.678. The molecule has 4 nitrogen and oxygen atoms in total. The summed E-state index contributed by atoms with van der Waals surface area (Å²) >= 11 is 6.13. The molecular formula is C32H35BrO4S2. The molecule has 39 heavy (non-hydrogen) atoms. The third-order valence-electron chi connectivity index (χ3n) is 6.36. The van der Waals surface area contributed by atoms with Crippen LogP contribution in [0.1, 0.15) is 87.2 Å². The molecule has 0 fully saturated rings. The van der Waals surface area contributed by atoms with Gasteiger partial charge in [0.25, 0.3) is 0 Å². The van der Waals surface area contributed by atoms with Gasteiger partial charge in [-0.3, -0.25) is 9.59 Å². The maximum Gasteiger partial charge on any atom is 0.165 e. The van der Waals surface area contributed by atoms with E-state index in [4.69, 9.17) is 0 Å². The van der Waals surface area contributed by atoms with Gasteiger partial charge < -0.3 is 10.2 Å². The van der Waals surface area contributed by atoms with E-state index in [2.05, 4.69) is 81.7 Å². The lowest BCUT2D eigenvalue weighted by molar-refractivity contribution is 0.100. The van der Waals surface area contributed by atoms with Crippen LogP contribution in [-0.4, -0.2) is 21.8 Å². The summed E-state index contributed by atoms with van der Waals surface area (Å²) in [6.45, 7) is 15.9. The zero-order valence-electron chi connectivity index (χ0n) is 23.6. The first-order valence-electron chi connectivity index (χ1n) is 12.6. The Morgan fingerprint density at radius 3 is 1.46 bits per heavy atom. The van der Waals surface area contributed by atoms with Crippen molar-refractivity contribution in [3.8, 4) is 32.4 Å². The fourth-order valence-corrected chi connectivity index (χ4v) is 6.88. The van der Waals surface area contributed by atoms with Crippen molar-refractivity contribution in [2.45, 2.75) is 66.2 Å². The second kappa shape index (κ2) is 11.8. The van der Waals surface area contributed by atoms with Gasteiger partial charge in [0.1, 0.15) is 11.5 Å². The molecule has 2 aromatic carbocycles. The molecule has 0 spiro atoms. The van der Waals surface area contributed by atoms with Crippen LogP contribution in [0.15, 0.2) is 57.7 Å². The molecule has 2 heterocycles. The van der Waals surface area contributed by atoms with Crippen LogP contribution in [0, 0.1) is 0 Å². The van der Waals surface area contributed by atoms with Crippen LogP contribution in [0.5, 0.6) is 11.5 Å². The molecule has 0 aliphatic heterocycles. The van der Waals surface area contributed by atoms with Gasteiger partial charge in [0, 0.05) is 5.38 Å². The molecule has 0 radical (unpaired) electrons. The highest BCUT2D eigenvalue weighted by Gasteiger charge is 2.21.